The van der Waals surface area contributed by atoms with Gasteiger partial charge in [-0.25, -0.2) is 14.6 Å². The number of ether oxygens (including phenoxy) is 1. The van der Waals surface area contributed by atoms with Gasteiger partial charge >= 0.3 is 0 Å². The first-order valence-electron chi connectivity index (χ1n) is 7.88. The van der Waals surface area contributed by atoms with E-state index in [1.165, 1.54) is 6.33 Å². The molecule has 3 N–H and O–H groups in total. The molecule has 1 fully saturated rings. The zero-order valence-corrected chi connectivity index (χ0v) is 13.2. The molecule has 0 amide bonds. The van der Waals surface area contributed by atoms with Crippen molar-refractivity contribution in [1.82, 2.24) is 25.1 Å². The lowest BCUT2D eigenvalue weighted by Crippen LogP contribution is -2.35. The lowest BCUT2D eigenvalue weighted by atomic mass is 9.91. The molecule has 0 aliphatic heterocycles. The third-order valence-electron chi connectivity index (χ3n) is 4.47. The summed E-state index contributed by atoms with van der Waals surface area (Å²) in [7, 11) is 1.73. The molecule has 0 unspecified atom stereocenters. The van der Waals surface area contributed by atoms with Crippen LogP contribution >= 0.6 is 0 Å². The molecule has 120 valence electrons. The molecule has 2 aromatic rings. The molecule has 1 aliphatic carbocycles. The van der Waals surface area contributed by atoms with Crippen LogP contribution < -0.4 is 11.1 Å². The fourth-order valence-electron chi connectivity index (χ4n) is 3.31. The lowest BCUT2D eigenvalue weighted by Gasteiger charge is -2.29. The number of nitrogens with two attached hydrogens (primary N) is 1. The first kappa shape index (κ1) is 15.2. The average molecular weight is 304 g/mol. The predicted molar refractivity (Wildman–Crippen MR) is 85.6 cm³/mol. The quantitative estimate of drug-likeness (QED) is 0.812. The summed E-state index contributed by atoms with van der Waals surface area (Å²) < 4.78 is 7.13. The van der Waals surface area contributed by atoms with Crippen LogP contribution in [0, 0.1) is 6.92 Å². The first-order valence-corrected chi connectivity index (χ1v) is 7.88. The van der Waals surface area contributed by atoms with Crippen molar-refractivity contribution >= 4 is 16.9 Å². The van der Waals surface area contributed by atoms with Crippen LogP contribution in [-0.4, -0.2) is 46.1 Å². The average Bonchev–Trinajstić information content (AvgIpc) is 2.87. The lowest BCUT2D eigenvalue weighted by molar-refractivity contribution is 0.188. The monoisotopic (exact) mass is 304 g/mol. The van der Waals surface area contributed by atoms with Crippen molar-refractivity contribution < 1.29 is 4.74 Å². The minimum absolute atomic E-state index is 0.394. The van der Waals surface area contributed by atoms with E-state index in [9.17, 15) is 0 Å². The Hall–Kier alpha value is -1.73. The molecule has 0 radical (unpaired) electrons. The Morgan fingerprint density at radius 1 is 1.32 bits per heavy atom. The first-order chi connectivity index (χ1) is 10.7. The Balaban J connectivity index is 1.70. The SMILES string of the molecule is COCCNC1CCC(n2nc(C)c3c(N)ncnc32)CC1. The van der Waals surface area contributed by atoms with E-state index in [2.05, 4.69) is 20.4 Å². The highest BCUT2D eigenvalue weighted by Crippen LogP contribution is 2.32. The van der Waals surface area contributed by atoms with E-state index in [-0.39, 0.29) is 0 Å². The van der Waals surface area contributed by atoms with E-state index in [1.54, 1.807) is 7.11 Å². The molecule has 0 bridgehead atoms. The third kappa shape index (κ3) is 2.91. The van der Waals surface area contributed by atoms with Gasteiger partial charge in [-0.05, 0) is 32.6 Å². The van der Waals surface area contributed by atoms with Crippen molar-refractivity contribution in [2.75, 3.05) is 26.0 Å². The van der Waals surface area contributed by atoms with E-state index in [0.717, 1.165) is 55.6 Å². The number of methoxy groups -OCH3 is 1. The zero-order valence-electron chi connectivity index (χ0n) is 13.2. The number of hydrogen-bond donors (Lipinski definition) is 2. The second-order valence-corrected chi connectivity index (χ2v) is 5.94. The fourth-order valence-corrected chi connectivity index (χ4v) is 3.31. The van der Waals surface area contributed by atoms with Gasteiger partial charge in [-0.3, -0.25) is 0 Å². The molecule has 22 heavy (non-hydrogen) atoms. The van der Waals surface area contributed by atoms with Crippen molar-refractivity contribution in [1.29, 1.82) is 0 Å². The maximum atomic E-state index is 5.96. The van der Waals surface area contributed by atoms with Crippen molar-refractivity contribution in [2.24, 2.45) is 0 Å². The second-order valence-electron chi connectivity index (χ2n) is 5.94. The summed E-state index contributed by atoms with van der Waals surface area (Å²) >= 11 is 0. The number of nitrogen functional groups attached to an aromatic ring is 1. The minimum atomic E-state index is 0.394. The molecule has 1 saturated carbocycles. The summed E-state index contributed by atoms with van der Waals surface area (Å²) in [5.41, 5.74) is 7.74. The largest absolute Gasteiger partial charge is 0.383 e. The predicted octanol–water partition coefficient (Wildman–Crippen LogP) is 1.44. The van der Waals surface area contributed by atoms with Gasteiger partial charge in [0, 0.05) is 19.7 Å². The molecule has 0 saturated heterocycles. The van der Waals surface area contributed by atoms with Crippen molar-refractivity contribution in [3.8, 4) is 0 Å². The van der Waals surface area contributed by atoms with E-state index >= 15 is 0 Å². The Labute approximate surface area is 130 Å². The third-order valence-corrected chi connectivity index (χ3v) is 4.47. The number of nitrogens with one attached hydrogen (secondary N) is 1. The molecule has 0 atom stereocenters. The Kier molecular flexibility index (Phi) is 4.54. The Morgan fingerprint density at radius 2 is 2.09 bits per heavy atom. The molecule has 2 aromatic heterocycles. The van der Waals surface area contributed by atoms with Gasteiger partial charge in [-0.2, -0.15) is 5.10 Å². The molecular weight excluding hydrogens is 280 g/mol. The highest BCUT2D eigenvalue weighted by molar-refractivity contribution is 5.87. The van der Waals surface area contributed by atoms with E-state index in [0.29, 0.717) is 17.9 Å². The normalized spacial score (nSPS) is 22.3. The van der Waals surface area contributed by atoms with Gasteiger partial charge < -0.3 is 15.8 Å². The topological polar surface area (TPSA) is 90.9 Å². The van der Waals surface area contributed by atoms with E-state index < -0.39 is 0 Å². The molecule has 0 aromatic carbocycles. The maximum absolute atomic E-state index is 5.96. The summed E-state index contributed by atoms with van der Waals surface area (Å²) in [6.45, 7) is 3.65. The molecular formula is C15H24N6O. The van der Waals surface area contributed by atoms with E-state index in [4.69, 9.17) is 10.5 Å². The molecule has 7 nitrogen and oxygen atoms in total. The number of anilines is 1. The summed E-state index contributed by atoms with van der Waals surface area (Å²) in [5, 5.41) is 9.11. The summed E-state index contributed by atoms with van der Waals surface area (Å²) in [6.07, 6.45) is 6.02. The molecule has 3 rings (SSSR count). The fraction of sp³-hybridized carbons (Fsp3) is 0.667. The molecule has 0 spiro atoms. The highest BCUT2D eigenvalue weighted by Gasteiger charge is 2.25. The smallest absolute Gasteiger partial charge is 0.163 e. The number of hydrogen-bond acceptors (Lipinski definition) is 6. The molecule has 1 aliphatic rings. The number of aromatic nitrogens is 4. The zero-order chi connectivity index (χ0) is 15.5. The van der Waals surface area contributed by atoms with Crippen LogP contribution in [0.5, 0.6) is 0 Å². The van der Waals surface area contributed by atoms with Crippen molar-refractivity contribution in [3.63, 3.8) is 0 Å². The van der Waals surface area contributed by atoms with Crippen LogP contribution in [0.1, 0.15) is 37.4 Å². The highest BCUT2D eigenvalue weighted by atomic mass is 16.5. The van der Waals surface area contributed by atoms with Crippen LogP contribution in [-0.2, 0) is 4.74 Å². The van der Waals surface area contributed by atoms with Gasteiger partial charge in [0.05, 0.1) is 23.7 Å². The standard InChI is InChI=1S/C15H24N6O/c1-10-13-14(16)18-9-19-15(13)21(20-10)12-5-3-11(4-6-12)17-7-8-22-2/h9,11-12,17H,3-8H2,1-2H3,(H2,16,18,19). The minimum Gasteiger partial charge on any atom is -0.383 e. The van der Waals surface area contributed by atoms with Crippen LogP contribution in [0.4, 0.5) is 5.82 Å². The summed E-state index contributed by atoms with van der Waals surface area (Å²) in [4.78, 5) is 8.47. The second kappa shape index (κ2) is 6.58. The van der Waals surface area contributed by atoms with Crippen molar-refractivity contribution in [3.05, 3.63) is 12.0 Å². The van der Waals surface area contributed by atoms with Gasteiger partial charge in [-0.1, -0.05) is 0 Å². The molecule has 2 heterocycles. The number of fused-ring (bicyclic) bond motifs is 1. The number of rotatable bonds is 5. The van der Waals surface area contributed by atoms with Gasteiger partial charge in [0.25, 0.3) is 0 Å². The Morgan fingerprint density at radius 3 is 2.82 bits per heavy atom. The van der Waals surface area contributed by atoms with Gasteiger partial charge in [0.1, 0.15) is 12.1 Å². The van der Waals surface area contributed by atoms with Gasteiger partial charge in [0.2, 0.25) is 0 Å². The Bertz CT molecular complexity index is 632. The van der Waals surface area contributed by atoms with Crippen LogP contribution in [0.15, 0.2) is 6.33 Å². The van der Waals surface area contributed by atoms with Crippen LogP contribution in [0.3, 0.4) is 0 Å². The van der Waals surface area contributed by atoms with E-state index in [1.807, 2.05) is 11.6 Å². The number of nitrogens with zero attached hydrogens (tertiary/aromatic N) is 4. The van der Waals surface area contributed by atoms with Gasteiger partial charge in [-0.15, -0.1) is 0 Å². The van der Waals surface area contributed by atoms with Crippen LogP contribution in [0.25, 0.3) is 11.0 Å². The van der Waals surface area contributed by atoms with Gasteiger partial charge in [0.15, 0.2) is 5.65 Å². The summed E-state index contributed by atoms with van der Waals surface area (Å²) in [5.74, 6) is 0.517. The maximum Gasteiger partial charge on any atom is 0.163 e. The number of aryl methyl sites for hydroxylation is 1. The van der Waals surface area contributed by atoms with Crippen molar-refractivity contribution in [2.45, 2.75) is 44.7 Å². The summed E-state index contributed by atoms with van der Waals surface area (Å²) in [6, 6.07) is 0.972. The molecule has 7 heteroatoms. The van der Waals surface area contributed by atoms with Crippen LogP contribution in [0.2, 0.25) is 0 Å².